The summed E-state index contributed by atoms with van der Waals surface area (Å²) in [6.07, 6.45) is 2.89. The first-order valence-electron chi connectivity index (χ1n) is 18.7. The van der Waals surface area contributed by atoms with E-state index in [1.54, 1.807) is 0 Å². The van der Waals surface area contributed by atoms with E-state index in [0.29, 0.717) is 23.3 Å². The number of benzene rings is 8. The molecule has 5 nitrogen and oxygen atoms in total. The van der Waals surface area contributed by atoms with Gasteiger partial charge in [-0.2, -0.15) is 0 Å². The summed E-state index contributed by atoms with van der Waals surface area (Å²) in [6.45, 7) is 0. The molecular formula is C51H37N5. The Hall–Kier alpha value is -7.50. The Morgan fingerprint density at radius 1 is 0.446 bits per heavy atom. The molecule has 1 aromatic heterocycles. The van der Waals surface area contributed by atoms with E-state index in [4.69, 9.17) is 25.7 Å². The van der Waals surface area contributed by atoms with Gasteiger partial charge in [0.1, 0.15) is 5.84 Å². The number of fused-ring (bicyclic) bond motifs is 2. The van der Waals surface area contributed by atoms with Gasteiger partial charge in [-0.15, -0.1) is 0 Å². The molecular weight excluding hydrogens is 683 g/mol. The van der Waals surface area contributed by atoms with Crippen molar-refractivity contribution in [2.45, 2.75) is 6.42 Å². The third-order valence-electron chi connectivity index (χ3n) is 10.0. The summed E-state index contributed by atoms with van der Waals surface area (Å²) in [5, 5.41) is 4.62. The lowest BCUT2D eigenvalue weighted by molar-refractivity contribution is 1.08. The quantitative estimate of drug-likeness (QED) is 0.119. The van der Waals surface area contributed by atoms with Crippen LogP contribution in [0.1, 0.15) is 16.7 Å². The monoisotopic (exact) mass is 719 g/mol. The summed E-state index contributed by atoms with van der Waals surface area (Å²) >= 11 is 0. The first kappa shape index (κ1) is 34.3. The second-order valence-electron chi connectivity index (χ2n) is 13.6. The molecule has 5 heteroatoms. The minimum Gasteiger partial charge on any atom is -0.383 e. The Kier molecular flexibility index (Phi) is 9.47. The van der Waals surface area contributed by atoms with E-state index in [9.17, 15) is 0 Å². The standard InChI is InChI=1S/C51H37N5/c52-48(53-46(39-17-4-1-5-18-39)34-32-36-24-14-23-35-15-10-12-25-43(35)36)40-29-27-38(28-30-40)45-33-31-37-16-11-13-26-44(37)47(45)51-55-49(41-19-6-2-7-20-41)54-50(56-51)42-21-8-3-9-22-42/h1-31,33-34H,32H2,(H2,52,53)/b46-34-. The number of rotatable bonds is 9. The molecule has 0 saturated heterocycles. The van der Waals surface area contributed by atoms with Crippen LogP contribution in [0.4, 0.5) is 0 Å². The summed E-state index contributed by atoms with van der Waals surface area (Å²) in [7, 11) is 0. The van der Waals surface area contributed by atoms with E-state index < -0.39 is 0 Å². The van der Waals surface area contributed by atoms with Gasteiger partial charge in [-0.1, -0.05) is 200 Å². The molecule has 0 bridgehead atoms. The fourth-order valence-electron chi connectivity index (χ4n) is 7.20. The summed E-state index contributed by atoms with van der Waals surface area (Å²) in [6, 6.07) is 66.2. The Morgan fingerprint density at radius 2 is 0.982 bits per heavy atom. The molecule has 9 aromatic rings. The van der Waals surface area contributed by atoms with Gasteiger partial charge < -0.3 is 5.73 Å². The average molecular weight is 720 g/mol. The number of nitrogens with two attached hydrogens (primary N) is 1. The van der Waals surface area contributed by atoms with Crippen LogP contribution in [0, 0.1) is 0 Å². The van der Waals surface area contributed by atoms with Gasteiger partial charge in [-0.05, 0) is 50.2 Å². The molecule has 1 heterocycles. The van der Waals surface area contributed by atoms with Crippen LogP contribution in [0.25, 0.3) is 72.5 Å². The first-order valence-corrected chi connectivity index (χ1v) is 18.7. The van der Waals surface area contributed by atoms with Crippen LogP contribution in [-0.4, -0.2) is 20.8 Å². The van der Waals surface area contributed by atoms with Gasteiger partial charge in [0, 0.05) is 22.3 Å². The molecule has 0 amide bonds. The van der Waals surface area contributed by atoms with Crippen LogP contribution in [0.5, 0.6) is 0 Å². The van der Waals surface area contributed by atoms with Crippen molar-refractivity contribution < 1.29 is 0 Å². The number of aliphatic imine (C=N–C) groups is 1. The van der Waals surface area contributed by atoms with Gasteiger partial charge in [0.05, 0.1) is 5.70 Å². The maximum Gasteiger partial charge on any atom is 0.165 e. The zero-order valence-electron chi connectivity index (χ0n) is 30.6. The Bertz CT molecular complexity index is 2800. The second kappa shape index (κ2) is 15.5. The van der Waals surface area contributed by atoms with Crippen molar-refractivity contribution >= 4 is 33.1 Å². The lowest BCUT2D eigenvalue weighted by Crippen LogP contribution is -2.13. The van der Waals surface area contributed by atoms with Gasteiger partial charge in [0.15, 0.2) is 17.5 Å². The van der Waals surface area contributed by atoms with Crippen molar-refractivity contribution in [1.29, 1.82) is 0 Å². The molecule has 266 valence electrons. The highest BCUT2D eigenvalue weighted by atomic mass is 15.0. The van der Waals surface area contributed by atoms with E-state index in [1.165, 1.54) is 16.3 Å². The molecule has 0 radical (unpaired) electrons. The zero-order chi connectivity index (χ0) is 37.7. The maximum atomic E-state index is 6.80. The molecule has 56 heavy (non-hydrogen) atoms. The third-order valence-corrected chi connectivity index (χ3v) is 10.0. The first-order chi connectivity index (χ1) is 27.7. The molecule has 8 aromatic carbocycles. The Labute approximate surface area is 326 Å². The van der Waals surface area contributed by atoms with Crippen molar-refractivity contribution in [2.75, 3.05) is 0 Å². The number of amidine groups is 1. The van der Waals surface area contributed by atoms with E-state index in [2.05, 4.69) is 109 Å². The van der Waals surface area contributed by atoms with Crippen LogP contribution in [-0.2, 0) is 6.42 Å². The molecule has 0 spiro atoms. The smallest absolute Gasteiger partial charge is 0.165 e. The van der Waals surface area contributed by atoms with E-state index >= 15 is 0 Å². The summed E-state index contributed by atoms with van der Waals surface area (Å²) in [5.74, 6) is 2.30. The van der Waals surface area contributed by atoms with Gasteiger partial charge in [-0.3, -0.25) is 0 Å². The molecule has 0 atom stereocenters. The highest BCUT2D eigenvalue weighted by Gasteiger charge is 2.19. The van der Waals surface area contributed by atoms with Crippen molar-refractivity contribution in [1.82, 2.24) is 15.0 Å². The third kappa shape index (κ3) is 7.09. The topological polar surface area (TPSA) is 77.0 Å². The van der Waals surface area contributed by atoms with E-state index in [1.807, 2.05) is 91.0 Å². The lowest BCUT2D eigenvalue weighted by Gasteiger charge is -2.15. The van der Waals surface area contributed by atoms with Crippen molar-refractivity contribution in [2.24, 2.45) is 10.7 Å². The number of allylic oxidation sites excluding steroid dienone is 1. The number of nitrogens with zero attached hydrogens (tertiary/aromatic N) is 4. The lowest BCUT2D eigenvalue weighted by atomic mass is 9.93. The Balaban J connectivity index is 1.12. The summed E-state index contributed by atoms with van der Waals surface area (Å²) < 4.78 is 0. The van der Waals surface area contributed by atoms with Crippen LogP contribution in [0.15, 0.2) is 205 Å². The molecule has 9 rings (SSSR count). The molecule has 0 aliphatic heterocycles. The number of hydrogen-bond donors (Lipinski definition) is 1. The highest BCUT2D eigenvalue weighted by Crippen LogP contribution is 2.38. The van der Waals surface area contributed by atoms with Gasteiger partial charge in [0.25, 0.3) is 0 Å². The van der Waals surface area contributed by atoms with E-state index in [0.717, 1.165) is 61.8 Å². The molecule has 0 aliphatic rings. The summed E-state index contributed by atoms with van der Waals surface area (Å²) in [4.78, 5) is 20.2. The second-order valence-corrected chi connectivity index (χ2v) is 13.6. The molecule has 0 saturated carbocycles. The molecule has 0 unspecified atom stereocenters. The predicted octanol–water partition coefficient (Wildman–Crippen LogP) is 11.8. The van der Waals surface area contributed by atoms with Gasteiger partial charge >= 0.3 is 0 Å². The summed E-state index contributed by atoms with van der Waals surface area (Å²) in [5.41, 5.74) is 15.5. The van der Waals surface area contributed by atoms with Crippen LogP contribution < -0.4 is 5.73 Å². The molecule has 0 aliphatic carbocycles. The minimum absolute atomic E-state index is 0.445. The number of hydrogen-bond acceptors (Lipinski definition) is 4. The zero-order valence-corrected chi connectivity index (χ0v) is 30.6. The van der Waals surface area contributed by atoms with Gasteiger partial charge in [0.2, 0.25) is 0 Å². The molecule has 2 N–H and O–H groups in total. The fraction of sp³-hybridized carbons (Fsp3) is 0.0196. The van der Waals surface area contributed by atoms with Crippen molar-refractivity contribution in [3.8, 4) is 45.3 Å². The fourth-order valence-corrected chi connectivity index (χ4v) is 7.20. The van der Waals surface area contributed by atoms with E-state index in [-0.39, 0.29) is 0 Å². The van der Waals surface area contributed by atoms with Crippen LogP contribution in [0.2, 0.25) is 0 Å². The number of aromatic nitrogens is 3. The predicted molar refractivity (Wildman–Crippen MR) is 232 cm³/mol. The van der Waals surface area contributed by atoms with Crippen LogP contribution >= 0.6 is 0 Å². The SMILES string of the molecule is N/C(=N\C(=C/Cc1cccc2ccccc12)c1ccccc1)c1ccc(-c2ccc3ccccc3c2-c2nc(-c3ccccc3)nc(-c3ccccc3)n2)cc1. The maximum absolute atomic E-state index is 6.80. The minimum atomic E-state index is 0.445. The molecule has 0 fully saturated rings. The van der Waals surface area contributed by atoms with Crippen LogP contribution in [0.3, 0.4) is 0 Å². The largest absolute Gasteiger partial charge is 0.383 e. The average Bonchev–Trinajstić information content (AvgIpc) is 3.28. The van der Waals surface area contributed by atoms with Crippen molar-refractivity contribution in [3.63, 3.8) is 0 Å². The normalized spacial score (nSPS) is 11.9. The highest BCUT2D eigenvalue weighted by molar-refractivity contribution is 6.04. The van der Waals surface area contributed by atoms with Crippen molar-refractivity contribution in [3.05, 3.63) is 217 Å². The Morgan fingerprint density at radius 3 is 1.64 bits per heavy atom. The van der Waals surface area contributed by atoms with Gasteiger partial charge in [-0.25, -0.2) is 19.9 Å².